The third kappa shape index (κ3) is 2.51. The van der Waals surface area contributed by atoms with Gasteiger partial charge in [0, 0.05) is 11.5 Å². The van der Waals surface area contributed by atoms with Gasteiger partial charge in [-0.3, -0.25) is 0 Å². The number of hydrogen-bond acceptors (Lipinski definition) is 3. The van der Waals surface area contributed by atoms with Gasteiger partial charge >= 0.3 is 0 Å². The van der Waals surface area contributed by atoms with Crippen LogP contribution in [0.15, 0.2) is 24.3 Å². The third-order valence-corrected chi connectivity index (χ3v) is 7.74. The molecule has 1 saturated heterocycles. The highest BCUT2D eigenvalue weighted by Crippen LogP contribution is 2.59. The van der Waals surface area contributed by atoms with E-state index in [0.29, 0.717) is 0 Å². The van der Waals surface area contributed by atoms with Crippen LogP contribution in [0.5, 0.6) is 0 Å². The highest BCUT2D eigenvalue weighted by molar-refractivity contribution is 8.34. The van der Waals surface area contributed by atoms with E-state index in [1.165, 1.54) is 28.4 Å². The molecule has 0 bridgehead atoms. The summed E-state index contributed by atoms with van der Waals surface area (Å²) in [6.45, 7) is 4.40. The molecular formula is C12H16S3. The zero-order valence-corrected chi connectivity index (χ0v) is 11.6. The van der Waals surface area contributed by atoms with Gasteiger partial charge in [0.05, 0.1) is 0 Å². The first-order valence-corrected chi connectivity index (χ1v) is 8.21. The summed E-state index contributed by atoms with van der Waals surface area (Å²) in [5.74, 6) is 3.75. The molecule has 1 aromatic rings. The SMILES string of the molecule is CCSC1(c2ccc(C)cc2)SCCS1. The first-order chi connectivity index (χ1) is 7.27. The molecule has 3 heteroatoms. The van der Waals surface area contributed by atoms with E-state index < -0.39 is 0 Å². The van der Waals surface area contributed by atoms with Gasteiger partial charge in [0.25, 0.3) is 0 Å². The summed E-state index contributed by atoms with van der Waals surface area (Å²) in [5.41, 5.74) is 2.83. The Labute approximate surface area is 105 Å². The molecule has 1 aromatic carbocycles. The largest absolute Gasteiger partial charge is 0.132 e. The molecule has 0 nitrogen and oxygen atoms in total. The molecule has 0 N–H and O–H groups in total. The molecule has 0 atom stereocenters. The minimum atomic E-state index is 0.280. The molecule has 0 saturated carbocycles. The van der Waals surface area contributed by atoms with Crippen LogP contribution in [0.3, 0.4) is 0 Å². The number of hydrogen-bond donors (Lipinski definition) is 0. The molecule has 15 heavy (non-hydrogen) atoms. The molecule has 2 rings (SSSR count). The van der Waals surface area contributed by atoms with Crippen molar-refractivity contribution in [2.75, 3.05) is 17.3 Å². The molecule has 1 fully saturated rings. The molecule has 0 aromatic heterocycles. The molecule has 1 aliphatic rings. The van der Waals surface area contributed by atoms with E-state index in [9.17, 15) is 0 Å². The average molecular weight is 256 g/mol. The Balaban J connectivity index is 2.28. The maximum Gasteiger partial charge on any atom is 0.132 e. The quantitative estimate of drug-likeness (QED) is 0.789. The van der Waals surface area contributed by atoms with Crippen molar-refractivity contribution in [3.63, 3.8) is 0 Å². The fourth-order valence-electron chi connectivity index (χ4n) is 1.67. The molecular weight excluding hydrogens is 240 g/mol. The van der Waals surface area contributed by atoms with Crippen molar-refractivity contribution in [1.29, 1.82) is 0 Å². The second-order valence-corrected chi connectivity index (χ2v) is 8.42. The Hall–Kier alpha value is 0.270. The fraction of sp³-hybridized carbons (Fsp3) is 0.500. The average Bonchev–Trinajstić information content (AvgIpc) is 2.69. The van der Waals surface area contributed by atoms with E-state index in [0.717, 1.165) is 0 Å². The number of thioether (sulfide) groups is 3. The van der Waals surface area contributed by atoms with E-state index in [2.05, 4.69) is 73.4 Å². The fourth-order valence-corrected chi connectivity index (χ4v) is 6.87. The first-order valence-electron chi connectivity index (χ1n) is 5.26. The highest BCUT2D eigenvalue weighted by Gasteiger charge is 2.37. The molecule has 0 aliphatic carbocycles. The lowest BCUT2D eigenvalue weighted by molar-refractivity contribution is 1.28. The van der Waals surface area contributed by atoms with Crippen molar-refractivity contribution >= 4 is 35.3 Å². The summed E-state index contributed by atoms with van der Waals surface area (Å²) in [4.78, 5) is 0. The topological polar surface area (TPSA) is 0 Å². The summed E-state index contributed by atoms with van der Waals surface area (Å²) in [5, 5.41) is 0. The van der Waals surface area contributed by atoms with Gasteiger partial charge in [-0.15, -0.1) is 35.3 Å². The Morgan fingerprint density at radius 2 is 1.80 bits per heavy atom. The highest BCUT2D eigenvalue weighted by atomic mass is 32.3. The molecule has 0 amide bonds. The zero-order chi connectivity index (χ0) is 10.7. The maximum absolute atomic E-state index is 2.29. The molecule has 1 heterocycles. The van der Waals surface area contributed by atoms with Gasteiger partial charge in [0.2, 0.25) is 0 Å². The van der Waals surface area contributed by atoms with E-state index in [1.807, 2.05) is 0 Å². The Bertz CT molecular complexity index is 312. The van der Waals surface area contributed by atoms with Crippen molar-refractivity contribution in [3.8, 4) is 0 Å². The Kier molecular flexibility index (Phi) is 3.97. The van der Waals surface area contributed by atoms with Crippen molar-refractivity contribution in [2.24, 2.45) is 0 Å². The van der Waals surface area contributed by atoms with E-state index >= 15 is 0 Å². The van der Waals surface area contributed by atoms with Gasteiger partial charge in [-0.05, 0) is 18.2 Å². The van der Waals surface area contributed by atoms with Gasteiger partial charge in [-0.25, -0.2) is 0 Å². The third-order valence-electron chi connectivity index (χ3n) is 2.41. The van der Waals surface area contributed by atoms with Crippen LogP contribution < -0.4 is 0 Å². The summed E-state index contributed by atoms with van der Waals surface area (Å²) in [6.07, 6.45) is 0. The predicted molar refractivity (Wildman–Crippen MR) is 75.9 cm³/mol. The maximum atomic E-state index is 2.29. The van der Waals surface area contributed by atoms with Gasteiger partial charge in [0.15, 0.2) is 0 Å². The minimum Gasteiger partial charge on any atom is -0.129 e. The second kappa shape index (κ2) is 5.07. The van der Waals surface area contributed by atoms with Crippen molar-refractivity contribution < 1.29 is 0 Å². The summed E-state index contributed by atoms with van der Waals surface area (Å²) in [7, 11) is 0. The summed E-state index contributed by atoms with van der Waals surface area (Å²) in [6, 6.07) is 9.05. The standard InChI is InChI=1S/C12H16S3/c1-3-13-12(14-8-9-15-12)11-6-4-10(2)5-7-11/h4-7H,3,8-9H2,1-2H3. The van der Waals surface area contributed by atoms with Gasteiger partial charge in [-0.2, -0.15) is 0 Å². The number of benzene rings is 1. The first kappa shape index (κ1) is 11.7. The van der Waals surface area contributed by atoms with E-state index in [-0.39, 0.29) is 3.41 Å². The molecule has 82 valence electrons. The lowest BCUT2D eigenvalue weighted by Crippen LogP contribution is -2.09. The molecule has 1 aliphatic heterocycles. The lowest BCUT2D eigenvalue weighted by atomic mass is 10.2. The lowest BCUT2D eigenvalue weighted by Gasteiger charge is -2.26. The van der Waals surface area contributed by atoms with Crippen LogP contribution in [0, 0.1) is 6.92 Å². The van der Waals surface area contributed by atoms with Crippen LogP contribution in [-0.2, 0) is 3.41 Å². The van der Waals surface area contributed by atoms with Gasteiger partial charge < -0.3 is 0 Å². The molecule has 0 unspecified atom stereocenters. The molecule has 0 spiro atoms. The van der Waals surface area contributed by atoms with Gasteiger partial charge in [-0.1, -0.05) is 36.8 Å². The number of aryl methyl sites for hydroxylation is 1. The van der Waals surface area contributed by atoms with Crippen molar-refractivity contribution in [2.45, 2.75) is 17.3 Å². The van der Waals surface area contributed by atoms with Gasteiger partial charge in [0.1, 0.15) is 3.41 Å². The second-order valence-electron chi connectivity index (χ2n) is 3.55. The van der Waals surface area contributed by atoms with Crippen LogP contribution in [0.25, 0.3) is 0 Å². The van der Waals surface area contributed by atoms with Crippen LogP contribution in [0.2, 0.25) is 0 Å². The van der Waals surface area contributed by atoms with Crippen molar-refractivity contribution in [1.82, 2.24) is 0 Å². The van der Waals surface area contributed by atoms with Crippen molar-refractivity contribution in [3.05, 3.63) is 35.4 Å². The minimum absolute atomic E-state index is 0.280. The zero-order valence-electron chi connectivity index (χ0n) is 9.16. The normalized spacial score (nSPS) is 19.3. The van der Waals surface area contributed by atoms with Crippen LogP contribution in [-0.4, -0.2) is 17.3 Å². The van der Waals surface area contributed by atoms with Crippen LogP contribution in [0.4, 0.5) is 0 Å². The monoisotopic (exact) mass is 256 g/mol. The Morgan fingerprint density at radius 3 is 2.33 bits per heavy atom. The predicted octanol–water partition coefficient (Wildman–Crippen LogP) is 4.34. The Morgan fingerprint density at radius 1 is 1.20 bits per heavy atom. The molecule has 0 radical (unpaired) electrons. The van der Waals surface area contributed by atoms with Crippen LogP contribution in [0.1, 0.15) is 18.1 Å². The number of rotatable bonds is 3. The van der Waals surface area contributed by atoms with E-state index in [1.54, 1.807) is 0 Å². The smallest absolute Gasteiger partial charge is 0.129 e. The van der Waals surface area contributed by atoms with Crippen LogP contribution >= 0.6 is 35.3 Å². The summed E-state index contributed by atoms with van der Waals surface area (Å²) < 4.78 is 0.280. The summed E-state index contributed by atoms with van der Waals surface area (Å²) >= 11 is 6.27. The van der Waals surface area contributed by atoms with E-state index in [4.69, 9.17) is 0 Å².